The molecule has 1 aromatic carbocycles. The molecule has 1 aliphatic carbocycles. The molecule has 0 radical (unpaired) electrons. The van der Waals surface area contributed by atoms with Crippen LogP contribution in [-0.4, -0.2) is 16.2 Å². The average molecular weight is 267 g/mol. The van der Waals surface area contributed by atoms with E-state index in [1.807, 2.05) is 24.3 Å². The van der Waals surface area contributed by atoms with Crippen LogP contribution in [-0.2, 0) is 6.42 Å². The van der Waals surface area contributed by atoms with Crippen molar-refractivity contribution in [1.29, 1.82) is 0 Å². The highest BCUT2D eigenvalue weighted by atomic mass is 16.3. The van der Waals surface area contributed by atoms with Crippen molar-refractivity contribution in [2.45, 2.75) is 32.2 Å². The molecule has 0 amide bonds. The SMILES string of the molecule is CCc1c(-c2cc(NC3CC3)n[nH]2)oc2ccccc12. The number of benzene rings is 1. The average Bonchev–Trinajstić information content (AvgIpc) is 3.03. The molecule has 0 spiro atoms. The number of anilines is 1. The van der Waals surface area contributed by atoms with Crippen molar-refractivity contribution in [2.24, 2.45) is 0 Å². The number of nitrogens with zero attached hydrogens (tertiary/aromatic N) is 1. The molecule has 0 unspecified atom stereocenters. The smallest absolute Gasteiger partial charge is 0.156 e. The van der Waals surface area contributed by atoms with E-state index in [1.54, 1.807) is 0 Å². The number of hydrogen-bond acceptors (Lipinski definition) is 3. The second kappa shape index (κ2) is 4.40. The van der Waals surface area contributed by atoms with E-state index in [-0.39, 0.29) is 0 Å². The van der Waals surface area contributed by atoms with Gasteiger partial charge < -0.3 is 9.73 Å². The van der Waals surface area contributed by atoms with Gasteiger partial charge >= 0.3 is 0 Å². The summed E-state index contributed by atoms with van der Waals surface area (Å²) in [6.07, 6.45) is 3.43. The molecule has 0 bridgehead atoms. The first-order valence-electron chi connectivity index (χ1n) is 7.18. The van der Waals surface area contributed by atoms with E-state index in [1.165, 1.54) is 23.8 Å². The van der Waals surface area contributed by atoms with Crippen molar-refractivity contribution in [2.75, 3.05) is 5.32 Å². The van der Waals surface area contributed by atoms with Crippen molar-refractivity contribution in [1.82, 2.24) is 10.2 Å². The molecular weight excluding hydrogens is 250 g/mol. The summed E-state index contributed by atoms with van der Waals surface area (Å²) in [6.45, 7) is 2.15. The van der Waals surface area contributed by atoms with Crippen LogP contribution < -0.4 is 5.32 Å². The summed E-state index contributed by atoms with van der Waals surface area (Å²) in [6, 6.07) is 10.8. The highest BCUT2D eigenvalue weighted by Gasteiger charge is 2.22. The number of rotatable bonds is 4. The largest absolute Gasteiger partial charge is 0.454 e. The van der Waals surface area contributed by atoms with Crippen LogP contribution in [0.1, 0.15) is 25.3 Å². The predicted molar refractivity (Wildman–Crippen MR) is 79.8 cm³/mol. The lowest BCUT2D eigenvalue weighted by Crippen LogP contribution is -2.00. The lowest BCUT2D eigenvalue weighted by molar-refractivity contribution is 0.624. The van der Waals surface area contributed by atoms with Crippen LogP contribution in [0.25, 0.3) is 22.4 Å². The molecule has 3 aromatic rings. The molecule has 0 aliphatic heterocycles. The summed E-state index contributed by atoms with van der Waals surface area (Å²) in [5.41, 5.74) is 3.12. The molecular formula is C16H17N3O. The first-order valence-corrected chi connectivity index (χ1v) is 7.18. The third kappa shape index (κ3) is 1.88. The molecule has 2 N–H and O–H groups in total. The number of hydrogen-bond donors (Lipinski definition) is 2. The number of fused-ring (bicyclic) bond motifs is 1. The molecule has 4 nitrogen and oxygen atoms in total. The maximum Gasteiger partial charge on any atom is 0.156 e. The lowest BCUT2D eigenvalue weighted by atomic mass is 10.1. The Labute approximate surface area is 117 Å². The second-order valence-electron chi connectivity index (χ2n) is 5.34. The summed E-state index contributed by atoms with van der Waals surface area (Å²) >= 11 is 0. The van der Waals surface area contributed by atoms with E-state index < -0.39 is 0 Å². The number of furan rings is 1. The molecule has 1 fully saturated rings. The Balaban J connectivity index is 1.78. The molecule has 0 atom stereocenters. The first kappa shape index (κ1) is 11.6. The van der Waals surface area contributed by atoms with E-state index in [0.717, 1.165) is 29.3 Å². The van der Waals surface area contributed by atoms with Crippen molar-refractivity contribution >= 4 is 16.8 Å². The van der Waals surface area contributed by atoms with E-state index in [4.69, 9.17) is 4.42 Å². The normalized spacial score (nSPS) is 14.8. The fourth-order valence-electron chi connectivity index (χ4n) is 2.62. The number of nitrogens with one attached hydrogen (secondary N) is 2. The molecule has 1 saturated carbocycles. The number of aryl methyl sites for hydroxylation is 1. The van der Waals surface area contributed by atoms with E-state index >= 15 is 0 Å². The molecule has 4 rings (SSSR count). The Hall–Kier alpha value is -2.23. The predicted octanol–water partition coefficient (Wildman–Crippen LogP) is 3.96. The summed E-state index contributed by atoms with van der Waals surface area (Å²) in [7, 11) is 0. The highest BCUT2D eigenvalue weighted by Crippen LogP contribution is 2.34. The van der Waals surface area contributed by atoms with Crippen LogP contribution in [0.5, 0.6) is 0 Å². The first-order chi connectivity index (χ1) is 9.85. The fourth-order valence-corrected chi connectivity index (χ4v) is 2.62. The number of aromatic nitrogens is 2. The van der Waals surface area contributed by atoms with Gasteiger partial charge in [0, 0.05) is 23.1 Å². The standard InChI is InChI=1S/C16H17N3O/c1-2-11-12-5-3-4-6-14(12)20-16(11)13-9-15(19-18-13)17-10-7-8-10/h3-6,9-10H,2,7-8H2,1H3,(H2,17,18,19). The minimum Gasteiger partial charge on any atom is -0.454 e. The van der Waals surface area contributed by atoms with Crippen molar-refractivity contribution in [3.05, 3.63) is 35.9 Å². The molecule has 4 heteroatoms. The van der Waals surface area contributed by atoms with Gasteiger partial charge in [-0.2, -0.15) is 5.10 Å². The lowest BCUT2D eigenvalue weighted by Gasteiger charge is -1.97. The van der Waals surface area contributed by atoms with Gasteiger partial charge in [0.1, 0.15) is 17.1 Å². The fraction of sp³-hybridized carbons (Fsp3) is 0.312. The summed E-state index contributed by atoms with van der Waals surface area (Å²) in [4.78, 5) is 0. The van der Waals surface area contributed by atoms with Crippen LogP contribution in [0, 0.1) is 0 Å². The Morgan fingerprint density at radius 2 is 2.20 bits per heavy atom. The van der Waals surface area contributed by atoms with Gasteiger partial charge in [0.25, 0.3) is 0 Å². The van der Waals surface area contributed by atoms with Crippen LogP contribution in [0.4, 0.5) is 5.82 Å². The van der Waals surface area contributed by atoms with Gasteiger partial charge in [-0.25, -0.2) is 0 Å². The molecule has 102 valence electrons. The monoisotopic (exact) mass is 267 g/mol. The van der Waals surface area contributed by atoms with Gasteiger partial charge in [-0.1, -0.05) is 25.1 Å². The number of H-pyrrole nitrogens is 1. The van der Waals surface area contributed by atoms with Crippen LogP contribution in [0.3, 0.4) is 0 Å². The topological polar surface area (TPSA) is 53.9 Å². The summed E-state index contributed by atoms with van der Waals surface area (Å²) in [5.74, 6) is 1.81. The zero-order valence-electron chi connectivity index (χ0n) is 11.4. The van der Waals surface area contributed by atoms with E-state index in [0.29, 0.717) is 6.04 Å². The van der Waals surface area contributed by atoms with E-state index in [2.05, 4.69) is 28.5 Å². The molecule has 20 heavy (non-hydrogen) atoms. The second-order valence-corrected chi connectivity index (χ2v) is 5.34. The Bertz CT molecular complexity index is 752. The molecule has 1 aliphatic rings. The summed E-state index contributed by atoms with van der Waals surface area (Å²) in [5, 5.41) is 12.0. The highest BCUT2D eigenvalue weighted by molar-refractivity contribution is 5.87. The molecule has 0 saturated heterocycles. The molecule has 2 aromatic heterocycles. The number of aromatic amines is 1. The van der Waals surface area contributed by atoms with Crippen molar-refractivity contribution < 1.29 is 4.42 Å². The Morgan fingerprint density at radius 1 is 1.35 bits per heavy atom. The third-order valence-corrected chi connectivity index (χ3v) is 3.80. The molecule has 2 heterocycles. The Kier molecular flexibility index (Phi) is 2.55. The minimum atomic E-state index is 0.604. The third-order valence-electron chi connectivity index (χ3n) is 3.80. The minimum absolute atomic E-state index is 0.604. The van der Waals surface area contributed by atoms with Crippen LogP contribution in [0.15, 0.2) is 34.7 Å². The van der Waals surface area contributed by atoms with Crippen LogP contribution in [0.2, 0.25) is 0 Å². The zero-order chi connectivity index (χ0) is 13.5. The van der Waals surface area contributed by atoms with Gasteiger partial charge in [0.15, 0.2) is 5.76 Å². The van der Waals surface area contributed by atoms with Gasteiger partial charge in [-0.15, -0.1) is 0 Å². The zero-order valence-corrected chi connectivity index (χ0v) is 11.4. The van der Waals surface area contributed by atoms with E-state index in [9.17, 15) is 0 Å². The van der Waals surface area contributed by atoms with Crippen LogP contribution >= 0.6 is 0 Å². The van der Waals surface area contributed by atoms with Crippen molar-refractivity contribution in [3.8, 4) is 11.5 Å². The van der Waals surface area contributed by atoms with Gasteiger partial charge in [-0.05, 0) is 25.3 Å². The van der Waals surface area contributed by atoms with Gasteiger partial charge in [-0.3, -0.25) is 5.10 Å². The van der Waals surface area contributed by atoms with Crippen molar-refractivity contribution in [3.63, 3.8) is 0 Å². The number of para-hydroxylation sites is 1. The maximum absolute atomic E-state index is 6.01. The maximum atomic E-state index is 6.01. The van der Waals surface area contributed by atoms with Gasteiger partial charge in [0.2, 0.25) is 0 Å². The Morgan fingerprint density at radius 3 is 3.00 bits per heavy atom. The van der Waals surface area contributed by atoms with Gasteiger partial charge in [0.05, 0.1) is 0 Å². The quantitative estimate of drug-likeness (QED) is 0.752. The summed E-state index contributed by atoms with van der Waals surface area (Å²) < 4.78 is 6.01.